The predicted octanol–water partition coefficient (Wildman–Crippen LogP) is 2.09. The first-order chi connectivity index (χ1) is 12.4. The van der Waals surface area contributed by atoms with Crippen LogP contribution >= 0.6 is 11.3 Å². The molecule has 26 heavy (non-hydrogen) atoms. The quantitative estimate of drug-likeness (QED) is 0.806. The van der Waals surface area contributed by atoms with E-state index in [4.69, 9.17) is 0 Å². The summed E-state index contributed by atoms with van der Waals surface area (Å²) in [6, 6.07) is 7.56. The number of hydrogen-bond acceptors (Lipinski definition) is 6. The molecule has 0 radical (unpaired) electrons. The van der Waals surface area contributed by atoms with Crippen molar-refractivity contribution < 1.29 is 9.59 Å². The first-order valence-electron chi connectivity index (χ1n) is 8.52. The molecule has 7 nitrogen and oxygen atoms in total. The van der Waals surface area contributed by atoms with Crippen LogP contribution < -0.4 is 15.5 Å². The molecule has 1 aromatic heterocycles. The maximum atomic E-state index is 12.1. The molecule has 0 atom stereocenters. The molecule has 1 saturated heterocycles. The number of aryl methyl sites for hydroxylation is 2. The van der Waals surface area contributed by atoms with Gasteiger partial charge in [-0.3, -0.25) is 14.9 Å². The minimum absolute atomic E-state index is 0.436. The number of rotatable bonds is 3. The molecule has 0 aliphatic carbocycles. The zero-order valence-corrected chi connectivity index (χ0v) is 16.0. The Kier molecular flexibility index (Phi) is 5.53. The lowest BCUT2D eigenvalue weighted by atomic mass is 10.2. The largest absolute Gasteiger partial charge is 0.369 e. The zero-order valence-electron chi connectivity index (χ0n) is 15.2. The SMILES string of the molecule is Cc1nc(NC(=O)C(=O)Nc2ccc(N3CCN(C)CC3)cc2)sc1C. The Morgan fingerprint density at radius 2 is 1.62 bits per heavy atom. The second kappa shape index (κ2) is 7.84. The number of nitrogens with one attached hydrogen (secondary N) is 2. The van der Waals surface area contributed by atoms with E-state index in [2.05, 4.69) is 32.5 Å². The lowest BCUT2D eigenvalue weighted by Gasteiger charge is -2.34. The van der Waals surface area contributed by atoms with E-state index in [0.717, 1.165) is 42.4 Å². The average molecular weight is 373 g/mol. The van der Waals surface area contributed by atoms with Crippen LogP contribution in [0.25, 0.3) is 0 Å². The minimum atomic E-state index is -0.720. The molecule has 2 heterocycles. The summed E-state index contributed by atoms with van der Waals surface area (Å²) in [4.78, 5) is 33.9. The summed E-state index contributed by atoms with van der Waals surface area (Å²) in [6.45, 7) is 7.82. The van der Waals surface area contributed by atoms with Gasteiger partial charge in [-0.05, 0) is 45.2 Å². The number of benzene rings is 1. The molecule has 1 aromatic carbocycles. The predicted molar refractivity (Wildman–Crippen MR) is 105 cm³/mol. The molecule has 1 aliphatic heterocycles. The van der Waals surface area contributed by atoms with E-state index in [1.165, 1.54) is 11.3 Å². The maximum absolute atomic E-state index is 12.1. The van der Waals surface area contributed by atoms with Crippen LogP contribution in [0.2, 0.25) is 0 Å². The monoisotopic (exact) mass is 373 g/mol. The van der Waals surface area contributed by atoms with Crippen LogP contribution in [-0.4, -0.2) is 54.9 Å². The van der Waals surface area contributed by atoms with Crippen molar-refractivity contribution in [2.45, 2.75) is 13.8 Å². The number of hydrogen-bond donors (Lipinski definition) is 2. The van der Waals surface area contributed by atoms with Gasteiger partial charge in [-0.1, -0.05) is 0 Å². The molecule has 2 N–H and O–H groups in total. The van der Waals surface area contributed by atoms with Crippen molar-refractivity contribution in [2.24, 2.45) is 0 Å². The van der Waals surface area contributed by atoms with Crippen molar-refractivity contribution in [1.82, 2.24) is 9.88 Å². The molecular formula is C18H23N5O2S. The Morgan fingerprint density at radius 1 is 1.00 bits per heavy atom. The van der Waals surface area contributed by atoms with Crippen LogP contribution in [0.4, 0.5) is 16.5 Å². The maximum Gasteiger partial charge on any atom is 0.315 e. The number of aromatic nitrogens is 1. The van der Waals surface area contributed by atoms with E-state index in [1.807, 2.05) is 38.1 Å². The minimum Gasteiger partial charge on any atom is -0.369 e. The van der Waals surface area contributed by atoms with Gasteiger partial charge in [-0.25, -0.2) is 4.98 Å². The topological polar surface area (TPSA) is 77.6 Å². The van der Waals surface area contributed by atoms with Crippen LogP contribution in [0.3, 0.4) is 0 Å². The summed E-state index contributed by atoms with van der Waals surface area (Å²) in [7, 11) is 2.12. The van der Waals surface area contributed by atoms with Gasteiger partial charge in [0.2, 0.25) is 0 Å². The van der Waals surface area contributed by atoms with Crippen LogP contribution in [0, 0.1) is 13.8 Å². The number of likely N-dealkylation sites (N-methyl/N-ethyl adjacent to an activating group) is 1. The van der Waals surface area contributed by atoms with E-state index >= 15 is 0 Å². The highest BCUT2D eigenvalue weighted by Gasteiger charge is 2.17. The van der Waals surface area contributed by atoms with Gasteiger partial charge in [0, 0.05) is 42.4 Å². The van der Waals surface area contributed by atoms with Gasteiger partial charge in [0.25, 0.3) is 0 Å². The number of piperazine rings is 1. The van der Waals surface area contributed by atoms with Crippen LogP contribution in [0.5, 0.6) is 0 Å². The van der Waals surface area contributed by atoms with E-state index in [1.54, 1.807) is 0 Å². The summed E-state index contributed by atoms with van der Waals surface area (Å²) in [5, 5.41) is 5.59. The normalized spacial score (nSPS) is 15.0. The number of carbonyl (C=O) groups is 2. The van der Waals surface area contributed by atoms with Gasteiger partial charge < -0.3 is 15.1 Å². The second-order valence-corrected chi connectivity index (χ2v) is 7.61. The van der Waals surface area contributed by atoms with Gasteiger partial charge in [0.05, 0.1) is 5.69 Å². The second-order valence-electron chi connectivity index (χ2n) is 6.41. The Morgan fingerprint density at radius 3 is 2.19 bits per heavy atom. The van der Waals surface area contributed by atoms with Gasteiger partial charge in [-0.2, -0.15) is 0 Å². The van der Waals surface area contributed by atoms with Crippen molar-refractivity contribution in [3.05, 3.63) is 34.8 Å². The third-order valence-electron chi connectivity index (χ3n) is 4.45. The summed E-state index contributed by atoms with van der Waals surface area (Å²) >= 11 is 1.35. The van der Waals surface area contributed by atoms with Crippen LogP contribution in [-0.2, 0) is 9.59 Å². The smallest absolute Gasteiger partial charge is 0.315 e. The number of carbonyl (C=O) groups excluding carboxylic acids is 2. The first-order valence-corrected chi connectivity index (χ1v) is 9.34. The third-order valence-corrected chi connectivity index (χ3v) is 5.44. The fourth-order valence-electron chi connectivity index (χ4n) is 2.69. The van der Waals surface area contributed by atoms with Gasteiger partial charge >= 0.3 is 11.8 Å². The first kappa shape index (κ1) is 18.3. The standard InChI is InChI=1S/C18H23N5O2S/c1-12-13(2)26-18(19-12)21-17(25)16(24)20-14-4-6-15(7-5-14)23-10-8-22(3)9-11-23/h4-7H,8-11H2,1-3H3,(H,20,24)(H,19,21,25). The molecule has 3 rings (SSSR count). The van der Waals surface area contributed by atoms with Crippen molar-refractivity contribution in [3.8, 4) is 0 Å². The molecular weight excluding hydrogens is 350 g/mol. The molecule has 0 spiro atoms. The van der Waals surface area contributed by atoms with E-state index in [-0.39, 0.29) is 0 Å². The summed E-state index contributed by atoms with van der Waals surface area (Å²) < 4.78 is 0. The van der Waals surface area contributed by atoms with E-state index in [0.29, 0.717) is 10.8 Å². The number of anilines is 3. The Hall–Kier alpha value is -2.45. The fraction of sp³-hybridized carbons (Fsp3) is 0.389. The highest BCUT2D eigenvalue weighted by Crippen LogP contribution is 2.21. The molecule has 8 heteroatoms. The molecule has 1 fully saturated rings. The highest BCUT2D eigenvalue weighted by molar-refractivity contribution is 7.15. The summed E-state index contributed by atoms with van der Waals surface area (Å²) in [5.41, 5.74) is 2.56. The summed E-state index contributed by atoms with van der Waals surface area (Å²) in [6.07, 6.45) is 0. The highest BCUT2D eigenvalue weighted by atomic mass is 32.1. The Bertz CT molecular complexity index is 775. The van der Waals surface area contributed by atoms with E-state index < -0.39 is 11.8 Å². The third kappa shape index (κ3) is 4.39. The molecule has 2 aromatic rings. The molecule has 1 aliphatic rings. The Labute approximate surface area is 157 Å². The van der Waals surface area contributed by atoms with E-state index in [9.17, 15) is 9.59 Å². The number of nitrogens with zero attached hydrogens (tertiary/aromatic N) is 3. The lowest BCUT2D eigenvalue weighted by molar-refractivity contribution is -0.132. The van der Waals surface area contributed by atoms with Crippen molar-refractivity contribution in [2.75, 3.05) is 48.8 Å². The fourth-order valence-corrected chi connectivity index (χ4v) is 3.50. The van der Waals surface area contributed by atoms with Crippen molar-refractivity contribution in [1.29, 1.82) is 0 Å². The van der Waals surface area contributed by atoms with Gasteiger partial charge in [0.1, 0.15) is 0 Å². The molecule has 0 unspecified atom stereocenters. The summed E-state index contributed by atoms with van der Waals surface area (Å²) in [5.74, 6) is -1.43. The molecule has 2 amide bonds. The average Bonchev–Trinajstić information content (AvgIpc) is 2.93. The number of amides is 2. The van der Waals surface area contributed by atoms with Crippen LogP contribution in [0.15, 0.2) is 24.3 Å². The van der Waals surface area contributed by atoms with Crippen LogP contribution in [0.1, 0.15) is 10.6 Å². The Balaban J connectivity index is 1.56. The van der Waals surface area contributed by atoms with Crippen molar-refractivity contribution in [3.63, 3.8) is 0 Å². The lowest BCUT2D eigenvalue weighted by Crippen LogP contribution is -2.44. The number of thiazole rings is 1. The van der Waals surface area contributed by atoms with Gasteiger partial charge in [-0.15, -0.1) is 11.3 Å². The zero-order chi connectivity index (χ0) is 18.7. The van der Waals surface area contributed by atoms with Crippen molar-refractivity contribution >= 4 is 39.7 Å². The molecule has 0 bridgehead atoms. The molecule has 138 valence electrons. The molecule has 0 saturated carbocycles. The van der Waals surface area contributed by atoms with Gasteiger partial charge in [0.15, 0.2) is 5.13 Å².